The van der Waals surface area contributed by atoms with Crippen molar-refractivity contribution in [2.24, 2.45) is 0 Å². The SMILES string of the molecule is CNN1C[C-]=C[C@@H](N(C)C)[C@@H]1N(C)C.[W]. The van der Waals surface area contributed by atoms with Gasteiger partial charge >= 0.3 is 0 Å². The molecule has 1 rings (SSSR count). The Morgan fingerprint density at radius 2 is 1.87 bits per heavy atom. The van der Waals surface area contributed by atoms with Crippen LogP contribution in [0.15, 0.2) is 6.08 Å². The monoisotopic (exact) mass is 381 g/mol. The Balaban J connectivity index is 0.00000196. The van der Waals surface area contributed by atoms with E-state index in [2.05, 4.69) is 60.6 Å². The van der Waals surface area contributed by atoms with Gasteiger partial charge in [0.05, 0.1) is 6.17 Å². The van der Waals surface area contributed by atoms with E-state index in [0.717, 1.165) is 6.54 Å². The first-order chi connectivity index (χ1) is 6.57. The molecule has 0 aromatic heterocycles. The molecular weight excluding hydrogens is 360 g/mol. The summed E-state index contributed by atoms with van der Waals surface area (Å²) in [5.74, 6) is 0. The first-order valence-corrected chi connectivity index (χ1v) is 4.91. The van der Waals surface area contributed by atoms with Crippen molar-refractivity contribution in [3.8, 4) is 0 Å². The minimum Gasteiger partial charge on any atom is -0.483 e. The molecule has 5 heteroatoms. The third-order valence-electron chi connectivity index (χ3n) is 2.59. The van der Waals surface area contributed by atoms with E-state index in [9.17, 15) is 0 Å². The third kappa shape index (κ3) is 3.65. The van der Waals surface area contributed by atoms with Crippen molar-refractivity contribution >= 4 is 0 Å². The summed E-state index contributed by atoms with van der Waals surface area (Å²) in [5, 5.41) is 2.19. The molecule has 1 N–H and O–H groups in total. The summed E-state index contributed by atoms with van der Waals surface area (Å²) < 4.78 is 0. The van der Waals surface area contributed by atoms with Gasteiger partial charge in [-0.25, -0.2) is 6.08 Å². The molecule has 15 heavy (non-hydrogen) atoms. The van der Waals surface area contributed by atoms with Crippen LogP contribution in [0.25, 0.3) is 0 Å². The molecule has 0 radical (unpaired) electrons. The van der Waals surface area contributed by atoms with Crippen LogP contribution < -0.4 is 5.43 Å². The summed E-state index contributed by atoms with van der Waals surface area (Å²) in [6.07, 6.45) is 5.78. The molecule has 2 atom stereocenters. The molecule has 0 aromatic rings. The van der Waals surface area contributed by atoms with Crippen LogP contribution in [0.4, 0.5) is 0 Å². The van der Waals surface area contributed by atoms with Gasteiger partial charge in [-0.05, 0) is 35.2 Å². The van der Waals surface area contributed by atoms with Crippen LogP contribution in [0.3, 0.4) is 0 Å². The van der Waals surface area contributed by atoms with Gasteiger partial charge in [-0.2, -0.15) is 0 Å². The Morgan fingerprint density at radius 3 is 2.27 bits per heavy atom. The van der Waals surface area contributed by atoms with Crippen molar-refractivity contribution < 1.29 is 21.1 Å². The van der Waals surface area contributed by atoms with Crippen molar-refractivity contribution in [1.82, 2.24) is 20.2 Å². The van der Waals surface area contributed by atoms with E-state index in [1.54, 1.807) is 0 Å². The van der Waals surface area contributed by atoms with E-state index in [1.807, 2.05) is 7.05 Å². The first kappa shape index (κ1) is 15.3. The average Bonchev–Trinajstić information content (AvgIpc) is 2.16. The molecule has 0 bridgehead atoms. The predicted molar refractivity (Wildman–Crippen MR) is 58.5 cm³/mol. The van der Waals surface area contributed by atoms with E-state index in [-0.39, 0.29) is 21.1 Å². The Labute approximate surface area is 108 Å². The largest absolute Gasteiger partial charge is 0.483 e. The van der Waals surface area contributed by atoms with Crippen molar-refractivity contribution in [3.05, 3.63) is 12.2 Å². The fourth-order valence-corrected chi connectivity index (χ4v) is 1.85. The summed E-state index contributed by atoms with van der Waals surface area (Å²) in [6.45, 7) is 0.837. The Bertz CT molecular complexity index is 206. The molecule has 4 nitrogen and oxygen atoms in total. The number of nitrogens with one attached hydrogen (secondary N) is 1. The van der Waals surface area contributed by atoms with Crippen LogP contribution in [0, 0.1) is 6.08 Å². The normalized spacial score (nSPS) is 27.1. The summed E-state index contributed by atoms with van der Waals surface area (Å²) in [5.41, 5.74) is 3.20. The zero-order chi connectivity index (χ0) is 10.7. The molecule has 88 valence electrons. The van der Waals surface area contributed by atoms with Gasteiger partial charge in [-0.1, -0.05) is 0 Å². The zero-order valence-corrected chi connectivity index (χ0v) is 13.1. The maximum Gasteiger partial charge on any atom is 0.0890 e. The van der Waals surface area contributed by atoms with E-state index >= 15 is 0 Å². The van der Waals surface area contributed by atoms with Gasteiger partial charge in [0.1, 0.15) is 0 Å². The molecule has 0 aliphatic carbocycles. The summed E-state index contributed by atoms with van der Waals surface area (Å²) >= 11 is 0. The molecule has 0 saturated carbocycles. The van der Waals surface area contributed by atoms with Gasteiger partial charge < -0.3 is 11.0 Å². The van der Waals surface area contributed by atoms with Gasteiger partial charge in [-0.15, -0.1) is 6.54 Å². The Morgan fingerprint density at radius 1 is 1.27 bits per heavy atom. The third-order valence-corrected chi connectivity index (χ3v) is 2.59. The minimum absolute atomic E-state index is 0. The van der Waals surface area contributed by atoms with Crippen LogP contribution in [-0.2, 0) is 21.1 Å². The summed E-state index contributed by atoms with van der Waals surface area (Å²) in [4.78, 5) is 4.43. The van der Waals surface area contributed by atoms with Gasteiger partial charge in [0.25, 0.3) is 0 Å². The van der Waals surface area contributed by atoms with Crippen molar-refractivity contribution in [2.75, 3.05) is 41.8 Å². The van der Waals surface area contributed by atoms with Crippen LogP contribution in [0.2, 0.25) is 0 Å². The van der Waals surface area contributed by atoms with Crippen LogP contribution in [0.5, 0.6) is 0 Å². The number of hydrazine groups is 1. The zero-order valence-electron chi connectivity index (χ0n) is 10.2. The predicted octanol–water partition coefficient (Wildman–Crippen LogP) is -0.389. The van der Waals surface area contributed by atoms with Crippen LogP contribution >= 0.6 is 0 Å². The molecule has 1 heterocycles. The summed E-state index contributed by atoms with van der Waals surface area (Å²) in [7, 11) is 10.3. The quantitative estimate of drug-likeness (QED) is 0.673. The summed E-state index contributed by atoms with van der Waals surface area (Å²) in [6, 6.07) is 0.381. The van der Waals surface area contributed by atoms with E-state index in [4.69, 9.17) is 0 Å². The minimum atomic E-state index is 0. The number of hydrogen-bond acceptors (Lipinski definition) is 4. The second-order valence-corrected chi connectivity index (χ2v) is 4.05. The smallest absolute Gasteiger partial charge is 0.0890 e. The van der Waals surface area contributed by atoms with Crippen LogP contribution in [0.1, 0.15) is 0 Å². The molecule has 0 amide bonds. The van der Waals surface area contributed by atoms with Crippen molar-refractivity contribution in [1.29, 1.82) is 0 Å². The number of nitrogens with zero attached hydrogens (tertiary/aromatic N) is 3. The van der Waals surface area contributed by atoms with Gasteiger partial charge in [0, 0.05) is 27.1 Å². The molecule has 0 spiro atoms. The Hall–Kier alpha value is 0.268. The maximum absolute atomic E-state index is 3.27. The second kappa shape index (κ2) is 6.77. The van der Waals surface area contributed by atoms with Crippen molar-refractivity contribution in [3.63, 3.8) is 0 Å². The number of rotatable bonds is 3. The van der Waals surface area contributed by atoms with Crippen molar-refractivity contribution in [2.45, 2.75) is 12.2 Å². The topological polar surface area (TPSA) is 21.8 Å². The molecular formula is C10H21N4W-. The molecule has 1 aliphatic rings. The van der Waals surface area contributed by atoms with E-state index in [0.29, 0.717) is 12.2 Å². The maximum atomic E-state index is 3.27. The van der Waals surface area contributed by atoms with Crippen LogP contribution in [-0.4, -0.2) is 68.8 Å². The number of hydrogen-bond donors (Lipinski definition) is 1. The van der Waals surface area contributed by atoms with E-state index in [1.165, 1.54) is 0 Å². The molecule has 0 saturated heterocycles. The average molecular weight is 381 g/mol. The molecule has 0 unspecified atom stereocenters. The van der Waals surface area contributed by atoms with E-state index < -0.39 is 0 Å². The number of likely N-dealkylation sites (N-methyl/N-ethyl adjacent to an activating group) is 2. The fourth-order valence-electron chi connectivity index (χ4n) is 1.85. The fraction of sp³-hybridized carbons (Fsp3) is 0.800. The standard InChI is InChI=1S/C10H21N4.W/c1-11-14-8-6-7-9(12(2)3)10(14)13(4)5;/h7,9-11H,8H2,1-5H3;/q-1;/t9-,10-;/m1./s1. The first-order valence-electron chi connectivity index (χ1n) is 4.91. The Kier molecular flexibility index (Phi) is 6.89. The molecule has 0 fully saturated rings. The second-order valence-electron chi connectivity index (χ2n) is 4.05. The van der Waals surface area contributed by atoms with Gasteiger partial charge in [0.15, 0.2) is 0 Å². The molecule has 1 aliphatic heterocycles. The van der Waals surface area contributed by atoms with Gasteiger partial charge in [-0.3, -0.25) is 15.3 Å². The van der Waals surface area contributed by atoms with Gasteiger partial charge in [0.2, 0.25) is 0 Å². The molecule has 0 aromatic carbocycles.